The van der Waals surface area contributed by atoms with Gasteiger partial charge in [-0.1, -0.05) is 13.8 Å². The predicted octanol–water partition coefficient (Wildman–Crippen LogP) is -0.286. The number of hydroxylamine groups is 2. The van der Waals surface area contributed by atoms with Crippen molar-refractivity contribution in [2.24, 2.45) is 11.7 Å². The maximum atomic E-state index is 12.1. The molecule has 2 heterocycles. The Balaban J connectivity index is 1.88. The number of nitrogens with two attached hydrogens (primary N) is 1. The standard InChI is InChI=1S/C15H25N3O5/c1-9(2)12(16)15(21)22-14(20)11-6-4-8-18(11)23-13(19)10-5-3-7-17-10/h9-12,17H,3-8,16H2,1-2H3/t10-,11-,12-/m0/s1. The van der Waals surface area contributed by atoms with Crippen LogP contribution in [0.3, 0.4) is 0 Å². The number of carbonyl (C=O) groups excluding carboxylic acids is 3. The van der Waals surface area contributed by atoms with Gasteiger partial charge in [0, 0.05) is 6.54 Å². The highest BCUT2D eigenvalue weighted by Gasteiger charge is 2.38. The van der Waals surface area contributed by atoms with Gasteiger partial charge in [-0.25, -0.2) is 14.4 Å². The van der Waals surface area contributed by atoms with Gasteiger partial charge in [0.25, 0.3) is 0 Å². The largest absolute Gasteiger partial charge is 0.391 e. The summed E-state index contributed by atoms with van der Waals surface area (Å²) in [6, 6.07) is -1.93. The molecule has 2 saturated heterocycles. The quantitative estimate of drug-likeness (QED) is 0.524. The van der Waals surface area contributed by atoms with Crippen LogP contribution in [0.15, 0.2) is 0 Å². The minimum Gasteiger partial charge on any atom is -0.391 e. The van der Waals surface area contributed by atoms with Crippen LogP contribution in [-0.2, 0) is 24.0 Å². The zero-order valence-corrected chi connectivity index (χ0v) is 13.6. The van der Waals surface area contributed by atoms with Crippen LogP contribution in [0.2, 0.25) is 0 Å². The van der Waals surface area contributed by atoms with Crippen molar-refractivity contribution in [2.45, 2.75) is 57.7 Å². The van der Waals surface area contributed by atoms with E-state index in [1.807, 2.05) is 0 Å². The minimum absolute atomic E-state index is 0.124. The summed E-state index contributed by atoms with van der Waals surface area (Å²) in [7, 11) is 0. The zero-order chi connectivity index (χ0) is 17.0. The summed E-state index contributed by atoms with van der Waals surface area (Å²) in [4.78, 5) is 41.3. The fourth-order valence-corrected chi connectivity index (χ4v) is 2.66. The second-order valence-electron chi connectivity index (χ2n) is 6.37. The maximum absolute atomic E-state index is 12.1. The zero-order valence-electron chi connectivity index (χ0n) is 13.6. The number of carbonyl (C=O) groups is 3. The Hall–Kier alpha value is -1.51. The van der Waals surface area contributed by atoms with E-state index in [9.17, 15) is 14.4 Å². The first-order valence-corrected chi connectivity index (χ1v) is 8.13. The molecule has 130 valence electrons. The highest BCUT2D eigenvalue weighted by Crippen LogP contribution is 2.20. The first-order chi connectivity index (χ1) is 10.9. The van der Waals surface area contributed by atoms with Crippen LogP contribution in [-0.4, -0.2) is 54.2 Å². The molecule has 0 saturated carbocycles. The number of hydrogen-bond acceptors (Lipinski definition) is 8. The molecule has 0 amide bonds. The fraction of sp³-hybridized carbons (Fsp3) is 0.800. The topological polar surface area (TPSA) is 111 Å². The van der Waals surface area contributed by atoms with Crippen LogP contribution in [0.1, 0.15) is 39.5 Å². The number of ether oxygens (including phenoxy) is 1. The molecule has 0 spiro atoms. The molecular formula is C15H25N3O5. The Morgan fingerprint density at radius 3 is 2.52 bits per heavy atom. The number of rotatable bonds is 5. The van der Waals surface area contributed by atoms with Crippen LogP contribution < -0.4 is 11.1 Å². The third-order valence-corrected chi connectivity index (χ3v) is 4.22. The van der Waals surface area contributed by atoms with Crippen molar-refractivity contribution in [2.75, 3.05) is 13.1 Å². The normalized spacial score (nSPS) is 26.3. The number of nitrogens with zero attached hydrogens (tertiary/aromatic N) is 1. The first-order valence-electron chi connectivity index (χ1n) is 8.13. The number of hydrogen-bond donors (Lipinski definition) is 2. The SMILES string of the molecule is CC(C)[C@H](N)C(=O)OC(=O)[C@@H]1CCCN1OC(=O)[C@@H]1CCCN1. The van der Waals surface area contributed by atoms with Gasteiger partial charge in [-0.05, 0) is 38.1 Å². The summed E-state index contributed by atoms with van der Waals surface area (Å²) in [5.74, 6) is -1.98. The molecule has 0 aliphatic carbocycles. The summed E-state index contributed by atoms with van der Waals surface area (Å²) < 4.78 is 4.84. The lowest BCUT2D eigenvalue weighted by atomic mass is 10.1. The molecule has 3 atom stereocenters. The van der Waals surface area contributed by atoms with Gasteiger partial charge in [0.2, 0.25) is 0 Å². The summed E-state index contributed by atoms with van der Waals surface area (Å²) in [5, 5.41) is 4.36. The van der Waals surface area contributed by atoms with Crippen molar-refractivity contribution >= 4 is 17.9 Å². The monoisotopic (exact) mass is 327 g/mol. The van der Waals surface area contributed by atoms with Gasteiger partial charge in [0.15, 0.2) is 0 Å². The molecule has 0 radical (unpaired) electrons. The molecule has 0 bridgehead atoms. The number of nitrogens with one attached hydrogen (secondary N) is 1. The van der Waals surface area contributed by atoms with Crippen molar-refractivity contribution in [3.63, 3.8) is 0 Å². The Morgan fingerprint density at radius 2 is 1.91 bits per heavy atom. The van der Waals surface area contributed by atoms with Gasteiger partial charge < -0.3 is 20.6 Å². The average molecular weight is 327 g/mol. The van der Waals surface area contributed by atoms with Gasteiger partial charge in [-0.3, -0.25) is 0 Å². The van der Waals surface area contributed by atoms with Crippen LogP contribution in [0.25, 0.3) is 0 Å². The first kappa shape index (κ1) is 17.8. The molecule has 3 N–H and O–H groups in total. The lowest BCUT2D eigenvalue weighted by Crippen LogP contribution is -2.45. The van der Waals surface area contributed by atoms with Crippen LogP contribution in [0.4, 0.5) is 0 Å². The van der Waals surface area contributed by atoms with E-state index >= 15 is 0 Å². The van der Waals surface area contributed by atoms with E-state index in [4.69, 9.17) is 15.3 Å². The van der Waals surface area contributed by atoms with E-state index in [1.54, 1.807) is 13.8 Å². The van der Waals surface area contributed by atoms with E-state index in [0.717, 1.165) is 19.4 Å². The molecule has 8 nitrogen and oxygen atoms in total. The highest BCUT2D eigenvalue weighted by atomic mass is 16.7. The maximum Gasteiger partial charge on any atom is 0.342 e. The minimum atomic E-state index is -0.848. The van der Waals surface area contributed by atoms with Crippen molar-refractivity contribution < 1.29 is 24.0 Å². The van der Waals surface area contributed by atoms with Gasteiger partial charge in [-0.2, -0.15) is 0 Å². The highest BCUT2D eigenvalue weighted by molar-refractivity contribution is 5.91. The molecule has 2 fully saturated rings. The lowest BCUT2D eigenvalue weighted by Gasteiger charge is -2.23. The Bertz CT molecular complexity index is 462. The Kier molecular flexibility index (Phi) is 6.09. The van der Waals surface area contributed by atoms with Gasteiger partial charge in [0.1, 0.15) is 18.1 Å². The molecule has 2 aliphatic rings. The van der Waals surface area contributed by atoms with E-state index in [2.05, 4.69) is 5.32 Å². The van der Waals surface area contributed by atoms with E-state index in [0.29, 0.717) is 19.4 Å². The van der Waals surface area contributed by atoms with E-state index < -0.39 is 30.0 Å². The second kappa shape index (κ2) is 7.85. The van der Waals surface area contributed by atoms with E-state index in [-0.39, 0.29) is 12.0 Å². The van der Waals surface area contributed by atoms with Gasteiger partial charge in [-0.15, -0.1) is 5.06 Å². The Morgan fingerprint density at radius 1 is 1.17 bits per heavy atom. The van der Waals surface area contributed by atoms with Gasteiger partial charge >= 0.3 is 17.9 Å². The summed E-state index contributed by atoms with van der Waals surface area (Å²) in [5.41, 5.74) is 5.67. The molecule has 2 aliphatic heterocycles. The van der Waals surface area contributed by atoms with Crippen molar-refractivity contribution in [1.29, 1.82) is 0 Å². The second-order valence-corrected chi connectivity index (χ2v) is 6.37. The molecular weight excluding hydrogens is 302 g/mol. The average Bonchev–Trinajstić information content (AvgIpc) is 3.17. The third kappa shape index (κ3) is 4.49. The number of esters is 2. The molecule has 2 rings (SSSR count). The molecule has 23 heavy (non-hydrogen) atoms. The molecule has 0 aromatic heterocycles. The van der Waals surface area contributed by atoms with Crippen LogP contribution >= 0.6 is 0 Å². The summed E-state index contributed by atoms with van der Waals surface area (Å²) in [6.45, 7) is 4.78. The molecule has 0 unspecified atom stereocenters. The van der Waals surface area contributed by atoms with Crippen LogP contribution in [0, 0.1) is 5.92 Å². The van der Waals surface area contributed by atoms with E-state index in [1.165, 1.54) is 5.06 Å². The van der Waals surface area contributed by atoms with Crippen molar-refractivity contribution in [3.8, 4) is 0 Å². The van der Waals surface area contributed by atoms with Crippen LogP contribution in [0.5, 0.6) is 0 Å². The van der Waals surface area contributed by atoms with Crippen molar-refractivity contribution in [1.82, 2.24) is 10.4 Å². The lowest BCUT2D eigenvalue weighted by molar-refractivity contribution is -0.202. The fourth-order valence-electron chi connectivity index (χ4n) is 2.66. The summed E-state index contributed by atoms with van der Waals surface area (Å²) >= 11 is 0. The van der Waals surface area contributed by atoms with Gasteiger partial charge in [0.05, 0.1) is 0 Å². The molecule has 0 aromatic carbocycles. The Labute approximate surface area is 135 Å². The molecule has 0 aromatic rings. The third-order valence-electron chi connectivity index (χ3n) is 4.22. The molecule has 8 heteroatoms. The predicted molar refractivity (Wildman–Crippen MR) is 80.8 cm³/mol. The van der Waals surface area contributed by atoms with Crippen molar-refractivity contribution in [3.05, 3.63) is 0 Å². The summed E-state index contributed by atoms with van der Waals surface area (Å²) in [6.07, 6.45) is 2.82. The smallest absolute Gasteiger partial charge is 0.342 e.